The van der Waals surface area contributed by atoms with Gasteiger partial charge in [0, 0.05) is 11.4 Å². The minimum Gasteiger partial charge on any atom is -0.444 e. The lowest BCUT2D eigenvalue weighted by molar-refractivity contribution is -0.134. The quantitative estimate of drug-likeness (QED) is 0.816. The molecule has 1 saturated heterocycles. The molecular formula is C20H32N2O4S. The van der Waals surface area contributed by atoms with Gasteiger partial charge in [0.25, 0.3) is 0 Å². The molecule has 2 amide bonds. The van der Waals surface area contributed by atoms with Crippen LogP contribution in [0.2, 0.25) is 0 Å². The van der Waals surface area contributed by atoms with Crippen molar-refractivity contribution in [3.63, 3.8) is 0 Å². The van der Waals surface area contributed by atoms with E-state index in [0.717, 1.165) is 17.7 Å². The molecule has 0 spiro atoms. The minimum absolute atomic E-state index is 0.0844. The third kappa shape index (κ3) is 5.45. The summed E-state index contributed by atoms with van der Waals surface area (Å²) in [5.41, 5.74) is -2.16. The Labute approximate surface area is 165 Å². The van der Waals surface area contributed by atoms with Crippen LogP contribution >= 0.6 is 11.3 Å². The molecule has 1 aromatic heterocycles. The zero-order chi connectivity index (χ0) is 20.5. The van der Waals surface area contributed by atoms with Crippen LogP contribution < -0.4 is 5.32 Å². The first kappa shape index (κ1) is 21.7. The van der Waals surface area contributed by atoms with Crippen LogP contribution in [-0.4, -0.2) is 46.7 Å². The van der Waals surface area contributed by atoms with E-state index in [0.29, 0.717) is 6.54 Å². The van der Waals surface area contributed by atoms with Crippen LogP contribution in [0.5, 0.6) is 0 Å². The number of hydrogen-bond donors (Lipinski definition) is 2. The van der Waals surface area contributed by atoms with Crippen LogP contribution in [0.15, 0.2) is 17.5 Å². The number of amides is 2. The summed E-state index contributed by atoms with van der Waals surface area (Å²) in [4.78, 5) is 28.0. The van der Waals surface area contributed by atoms with E-state index in [1.54, 1.807) is 6.92 Å². The molecule has 152 valence electrons. The molecule has 0 bridgehead atoms. The van der Waals surface area contributed by atoms with Gasteiger partial charge >= 0.3 is 6.09 Å². The molecule has 0 saturated carbocycles. The molecule has 2 rings (SSSR count). The van der Waals surface area contributed by atoms with E-state index in [4.69, 9.17) is 4.74 Å². The molecule has 7 heteroatoms. The molecule has 0 aliphatic carbocycles. The van der Waals surface area contributed by atoms with Gasteiger partial charge in [-0.3, -0.25) is 9.69 Å². The first-order chi connectivity index (χ1) is 12.3. The molecule has 2 atom stereocenters. The molecule has 1 aromatic rings. The predicted molar refractivity (Wildman–Crippen MR) is 107 cm³/mol. The maximum Gasteiger partial charge on any atom is 0.410 e. The first-order valence-electron chi connectivity index (χ1n) is 9.37. The monoisotopic (exact) mass is 396 g/mol. The number of carbonyl (C=O) groups excluding carboxylic acids is 2. The zero-order valence-corrected chi connectivity index (χ0v) is 18.0. The van der Waals surface area contributed by atoms with E-state index in [2.05, 4.69) is 5.32 Å². The number of rotatable bonds is 4. The molecule has 1 aliphatic rings. The second-order valence-corrected chi connectivity index (χ2v) is 10.1. The molecule has 0 unspecified atom stereocenters. The molecule has 1 aliphatic heterocycles. The lowest BCUT2D eigenvalue weighted by Crippen LogP contribution is -2.60. The van der Waals surface area contributed by atoms with Gasteiger partial charge < -0.3 is 15.2 Å². The second-order valence-electron chi connectivity index (χ2n) is 9.14. The molecule has 2 heterocycles. The molecule has 0 radical (unpaired) electrons. The van der Waals surface area contributed by atoms with Crippen molar-refractivity contribution in [1.82, 2.24) is 10.2 Å². The number of aliphatic hydroxyl groups is 1. The van der Waals surface area contributed by atoms with Crippen LogP contribution in [0.1, 0.15) is 59.3 Å². The lowest BCUT2D eigenvalue weighted by Gasteiger charge is -2.45. The first-order valence-corrected chi connectivity index (χ1v) is 10.3. The Kier molecular flexibility index (Phi) is 6.26. The number of ether oxygens (including phenoxy) is 1. The SMILES string of the molecule is CC(C)(C)OC(=O)N1CCCC(C)(C)[C@H]1C(=O)NC[C@](C)(O)c1cccs1. The number of hydrogen-bond acceptors (Lipinski definition) is 5. The summed E-state index contributed by atoms with van der Waals surface area (Å²) in [6.07, 6.45) is 1.19. The van der Waals surface area contributed by atoms with Crippen molar-refractivity contribution in [1.29, 1.82) is 0 Å². The Morgan fingerprint density at radius 1 is 1.37 bits per heavy atom. The summed E-state index contributed by atoms with van der Waals surface area (Å²) in [6.45, 7) is 11.7. The van der Waals surface area contributed by atoms with Crippen molar-refractivity contribution in [2.75, 3.05) is 13.1 Å². The van der Waals surface area contributed by atoms with Gasteiger partial charge in [-0.2, -0.15) is 0 Å². The highest BCUT2D eigenvalue weighted by molar-refractivity contribution is 7.10. The Morgan fingerprint density at radius 2 is 2.04 bits per heavy atom. The van der Waals surface area contributed by atoms with Gasteiger partial charge in [-0.1, -0.05) is 19.9 Å². The maximum atomic E-state index is 13.0. The van der Waals surface area contributed by atoms with Crippen LogP contribution in [-0.2, 0) is 15.1 Å². The van der Waals surface area contributed by atoms with Gasteiger partial charge in [0.1, 0.15) is 17.2 Å². The van der Waals surface area contributed by atoms with Gasteiger partial charge in [-0.25, -0.2) is 4.79 Å². The molecular weight excluding hydrogens is 364 g/mol. The van der Waals surface area contributed by atoms with Crippen molar-refractivity contribution in [3.8, 4) is 0 Å². The summed E-state index contributed by atoms with van der Waals surface area (Å²) in [5, 5.41) is 15.4. The number of likely N-dealkylation sites (tertiary alicyclic amines) is 1. The van der Waals surface area contributed by atoms with E-state index in [-0.39, 0.29) is 17.9 Å². The van der Waals surface area contributed by atoms with Crippen LogP contribution in [0, 0.1) is 5.41 Å². The second kappa shape index (κ2) is 7.80. The highest BCUT2D eigenvalue weighted by Crippen LogP contribution is 2.36. The predicted octanol–water partition coefficient (Wildman–Crippen LogP) is 3.50. The minimum atomic E-state index is -1.15. The summed E-state index contributed by atoms with van der Waals surface area (Å²) < 4.78 is 5.51. The topological polar surface area (TPSA) is 78.9 Å². The van der Waals surface area contributed by atoms with Gasteiger partial charge in [-0.15, -0.1) is 11.3 Å². The standard InChI is InChI=1S/C20H32N2O4S/c1-18(2,3)26-17(24)22-11-8-10-19(4,5)15(22)16(23)21-13-20(6,25)14-9-7-12-27-14/h7,9,12,15,25H,8,10-11,13H2,1-6H3,(H,21,23)/t15-,20+/m1/s1. The van der Waals surface area contributed by atoms with Gasteiger partial charge in [-0.05, 0) is 57.4 Å². The van der Waals surface area contributed by atoms with Gasteiger partial charge in [0.15, 0.2) is 0 Å². The smallest absolute Gasteiger partial charge is 0.410 e. The Morgan fingerprint density at radius 3 is 2.59 bits per heavy atom. The average molecular weight is 397 g/mol. The van der Waals surface area contributed by atoms with E-state index in [1.807, 2.05) is 52.1 Å². The highest BCUT2D eigenvalue weighted by Gasteiger charge is 2.46. The van der Waals surface area contributed by atoms with E-state index < -0.39 is 23.3 Å². The van der Waals surface area contributed by atoms with Crippen molar-refractivity contribution in [2.24, 2.45) is 5.41 Å². The zero-order valence-electron chi connectivity index (χ0n) is 17.2. The molecule has 6 nitrogen and oxygen atoms in total. The highest BCUT2D eigenvalue weighted by atomic mass is 32.1. The number of thiophene rings is 1. The number of nitrogens with zero attached hydrogens (tertiary/aromatic N) is 1. The van der Waals surface area contributed by atoms with Crippen LogP contribution in [0.4, 0.5) is 4.79 Å². The fourth-order valence-electron chi connectivity index (χ4n) is 3.43. The van der Waals surface area contributed by atoms with Crippen molar-refractivity contribution >= 4 is 23.3 Å². The van der Waals surface area contributed by atoms with Gasteiger partial charge in [0.05, 0.1) is 6.54 Å². The fraction of sp³-hybridized carbons (Fsp3) is 0.700. The Hall–Kier alpha value is -1.60. The van der Waals surface area contributed by atoms with E-state index in [9.17, 15) is 14.7 Å². The van der Waals surface area contributed by atoms with Crippen molar-refractivity contribution in [2.45, 2.75) is 71.6 Å². The van der Waals surface area contributed by atoms with Crippen molar-refractivity contribution < 1.29 is 19.4 Å². The Balaban J connectivity index is 2.14. The summed E-state index contributed by atoms with van der Waals surface area (Å²) in [5.74, 6) is -0.262. The number of nitrogens with one attached hydrogen (secondary N) is 1. The van der Waals surface area contributed by atoms with Gasteiger partial charge in [0.2, 0.25) is 5.91 Å². The summed E-state index contributed by atoms with van der Waals surface area (Å²) >= 11 is 1.44. The maximum absolute atomic E-state index is 13.0. The Bertz CT molecular complexity index is 662. The van der Waals surface area contributed by atoms with E-state index >= 15 is 0 Å². The molecule has 27 heavy (non-hydrogen) atoms. The van der Waals surface area contributed by atoms with Crippen LogP contribution in [0.3, 0.4) is 0 Å². The van der Waals surface area contributed by atoms with Crippen LogP contribution in [0.25, 0.3) is 0 Å². The molecule has 1 fully saturated rings. The van der Waals surface area contributed by atoms with Crippen molar-refractivity contribution in [3.05, 3.63) is 22.4 Å². The van der Waals surface area contributed by atoms with E-state index in [1.165, 1.54) is 16.2 Å². The fourth-order valence-corrected chi connectivity index (χ4v) is 4.22. The number of carbonyl (C=O) groups is 2. The molecule has 0 aromatic carbocycles. The molecule has 2 N–H and O–H groups in total. The third-order valence-electron chi connectivity index (χ3n) is 4.81. The largest absolute Gasteiger partial charge is 0.444 e. The number of piperidine rings is 1. The lowest BCUT2D eigenvalue weighted by atomic mass is 9.76. The summed E-state index contributed by atoms with van der Waals surface area (Å²) in [6, 6.07) is 3.07. The average Bonchev–Trinajstić information content (AvgIpc) is 3.05. The normalized spacial score (nSPS) is 22.0. The summed E-state index contributed by atoms with van der Waals surface area (Å²) in [7, 11) is 0. The third-order valence-corrected chi connectivity index (χ3v) is 5.93.